The van der Waals surface area contributed by atoms with Crippen molar-refractivity contribution in [3.63, 3.8) is 0 Å². The molecule has 230 valence electrons. The second kappa shape index (κ2) is 13.7. The molecule has 3 heterocycles. The lowest BCUT2D eigenvalue weighted by molar-refractivity contribution is -0.123. The van der Waals surface area contributed by atoms with E-state index in [9.17, 15) is 13.2 Å². The third-order valence-electron chi connectivity index (χ3n) is 8.77. The summed E-state index contributed by atoms with van der Waals surface area (Å²) in [5, 5.41) is 3.09. The van der Waals surface area contributed by atoms with Crippen LogP contribution in [-0.2, 0) is 27.8 Å². The molecule has 2 fully saturated rings. The molecular weight excluding hydrogens is 552 g/mol. The van der Waals surface area contributed by atoms with Gasteiger partial charge in [0.25, 0.3) is 5.91 Å². The van der Waals surface area contributed by atoms with Gasteiger partial charge in [0.1, 0.15) is 10.6 Å². The number of ether oxygens (including phenoxy) is 1. The molecular formula is C31H46N6O4S. The zero-order valence-corrected chi connectivity index (χ0v) is 26.1. The highest BCUT2D eigenvalue weighted by Crippen LogP contribution is 2.36. The van der Waals surface area contributed by atoms with Crippen molar-refractivity contribution in [2.24, 2.45) is 0 Å². The van der Waals surface area contributed by atoms with Gasteiger partial charge in [-0.3, -0.25) is 14.6 Å². The number of carbonyl (C=O) groups excluding carboxylic acids is 1. The van der Waals surface area contributed by atoms with E-state index in [2.05, 4.69) is 56.2 Å². The zero-order chi connectivity index (χ0) is 29.7. The first-order valence-electron chi connectivity index (χ1n) is 15.1. The molecule has 42 heavy (non-hydrogen) atoms. The van der Waals surface area contributed by atoms with Gasteiger partial charge in [0.15, 0.2) is 6.61 Å². The minimum absolute atomic E-state index is 0.118. The van der Waals surface area contributed by atoms with Crippen LogP contribution in [0.1, 0.15) is 24.0 Å². The molecule has 2 aromatic carbocycles. The van der Waals surface area contributed by atoms with Crippen LogP contribution in [0, 0.1) is 0 Å². The quantitative estimate of drug-likeness (QED) is 0.419. The van der Waals surface area contributed by atoms with E-state index >= 15 is 0 Å². The molecule has 0 aliphatic carbocycles. The SMILES string of the molecule is CN1CCN(c2cccc(OCC(=O)NCC(CN3CCc4ccccc4C3)N3CCCC3)c2S(=O)(=O)N(C)C)CC1. The van der Waals surface area contributed by atoms with E-state index < -0.39 is 10.0 Å². The number of rotatable bonds is 11. The van der Waals surface area contributed by atoms with Gasteiger partial charge in [0, 0.05) is 72.5 Å². The summed E-state index contributed by atoms with van der Waals surface area (Å²) >= 11 is 0. The Labute approximate surface area is 251 Å². The molecule has 0 bridgehead atoms. The number of nitrogens with one attached hydrogen (secondary N) is 1. The number of hydrogen-bond donors (Lipinski definition) is 1. The van der Waals surface area contributed by atoms with Gasteiger partial charge >= 0.3 is 0 Å². The number of anilines is 1. The Bertz CT molecular complexity index is 1320. The van der Waals surface area contributed by atoms with Crippen LogP contribution in [0.4, 0.5) is 5.69 Å². The monoisotopic (exact) mass is 598 g/mol. The molecule has 5 rings (SSSR count). The second-order valence-electron chi connectivity index (χ2n) is 11.9. The minimum Gasteiger partial charge on any atom is -0.482 e. The lowest BCUT2D eigenvalue weighted by Crippen LogP contribution is -2.50. The molecule has 2 aromatic rings. The van der Waals surface area contributed by atoms with Gasteiger partial charge in [-0.25, -0.2) is 12.7 Å². The Hall–Kier alpha value is -2.70. The second-order valence-corrected chi connectivity index (χ2v) is 14.0. The minimum atomic E-state index is -3.81. The van der Waals surface area contributed by atoms with Crippen molar-refractivity contribution in [1.82, 2.24) is 24.3 Å². The molecule has 1 N–H and O–H groups in total. The van der Waals surface area contributed by atoms with Gasteiger partial charge in [-0.2, -0.15) is 0 Å². The van der Waals surface area contributed by atoms with E-state index in [1.165, 1.54) is 42.4 Å². The predicted octanol–water partition coefficient (Wildman–Crippen LogP) is 1.71. The van der Waals surface area contributed by atoms with E-state index in [1.54, 1.807) is 12.1 Å². The third kappa shape index (κ3) is 7.26. The summed E-state index contributed by atoms with van der Waals surface area (Å²) in [5.74, 6) is -0.0419. The number of carbonyl (C=O) groups is 1. The first-order valence-corrected chi connectivity index (χ1v) is 16.6. The highest BCUT2D eigenvalue weighted by Gasteiger charge is 2.31. The number of hydrogen-bond acceptors (Lipinski definition) is 8. The molecule has 11 heteroatoms. The highest BCUT2D eigenvalue weighted by atomic mass is 32.2. The van der Waals surface area contributed by atoms with Gasteiger partial charge < -0.3 is 19.9 Å². The molecule has 1 unspecified atom stereocenters. The molecule has 1 amide bonds. The van der Waals surface area contributed by atoms with Gasteiger partial charge in [-0.1, -0.05) is 30.3 Å². The maximum absolute atomic E-state index is 13.5. The molecule has 0 radical (unpaired) electrons. The van der Waals surface area contributed by atoms with E-state index in [-0.39, 0.29) is 29.2 Å². The van der Waals surface area contributed by atoms with Crippen molar-refractivity contribution in [1.29, 1.82) is 0 Å². The number of benzene rings is 2. The van der Waals surface area contributed by atoms with Crippen LogP contribution in [0.2, 0.25) is 0 Å². The molecule has 3 aliphatic heterocycles. The fourth-order valence-corrected chi connectivity index (χ4v) is 7.41. The summed E-state index contributed by atoms with van der Waals surface area (Å²) in [7, 11) is 1.29. The normalized spacial score (nSPS) is 19.6. The first kappa shape index (κ1) is 30.7. The van der Waals surface area contributed by atoms with Crippen LogP contribution >= 0.6 is 0 Å². The van der Waals surface area contributed by atoms with Crippen LogP contribution in [-0.4, -0.2) is 126 Å². The van der Waals surface area contributed by atoms with Crippen molar-refractivity contribution in [3.8, 4) is 5.75 Å². The van der Waals surface area contributed by atoms with E-state index in [0.29, 0.717) is 12.2 Å². The molecule has 3 aliphatic rings. The third-order valence-corrected chi connectivity index (χ3v) is 10.7. The number of likely N-dealkylation sites (N-methyl/N-ethyl adjacent to an activating group) is 1. The average molecular weight is 599 g/mol. The summed E-state index contributed by atoms with van der Waals surface area (Å²) in [6.45, 7) is 8.36. The fourth-order valence-electron chi connectivity index (χ4n) is 6.21. The topological polar surface area (TPSA) is 88.7 Å². The number of nitrogens with zero attached hydrogens (tertiary/aromatic N) is 5. The molecule has 0 saturated carbocycles. The maximum Gasteiger partial charge on any atom is 0.257 e. The van der Waals surface area contributed by atoms with Crippen molar-refractivity contribution in [2.75, 3.05) is 91.6 Å². The molecule has 0 aromatic heterocycles. The van der Waals surface area contributed by atoms with Gasteiger partial charge in [0.05, 0.1) is 5.69 Å². The summed E-state index contributed by atoms with van der Waals surface area (Å²) < 4.78 is 34.1. The molecule has 10 nitrogen and oxygen atoms in total. The van der Waals surface area contributed by atoms with Crippen LogP contribution in [0.15, 0.2) is 47.4 Å². The van der Waals surface area contributed by atoms with E-state index in [4.69, 9.17) is 4.74 Å². The van der Waals surface area contributed by atoms with E-state index in [1.807, 2.05) is 6.07 Å². The Balaban J connectivity index is 1.24. The number of likely N-dealkylation sites (tertiary alicyclic amines) is 1. The summed E-state index contributed by atoms with van der Waals surface area (Å²) in [6, 6.07) is 14.1. The Morgan fingerprint density at radius 2 is 1.67 bits per heavy atom. The lowest BCUT2D eigenvalue weighted by atomic mass is 9.99. The number of fused-ring (bicyclic) bond motifs is 1. The lowest BCUT2D eigenvalue weighted by Gasteiger charge is -2.36. The van der Waals surface area contributed by atoms with Crippen LogP contribution in [0.5, 0.6) is 5.75 Å². The average Bonchev–Trinajstić information content (AvgIpc) is 3.53. The predicted molar refractivity (Wildman–Crippen MR) is 166 cm³/mol. The molecule has 2 saturated heterocycles. The Kier molecular flexibility index (Phi) is 10.1. The summed E-state index contributed by atoms with van der Waals surface area (Å²) in [4.78, 5) is 22.5. The number of piperazine rings is 1. The van der Waals surface area contributed by atoms with Gasteiger partial charge in [-0.15, -0.1) is 0 Å². The van der Waals surface area contributed by atoms with Crippen molar-refractivity contribution in [3.05, 3.63) is 53.6 Å². The van der Waals surface area contributed by atoms with Crippen molar-refractivity contribution < 1.29 is 17.9 Å². The first-order chi connectivity index (χ1) is 20.2. The van der Waals surface area contributed by atoms with Crippen LogP contribution in [0.3, 0.4) is 0 Å². The Morgan fingerprint density at radius 3 is 2.38 bits per heavy atom. The Morgan fingerprint density at radius 1 is 0.952 bits per heavy atom. The van der Waals surface area contributed by atoms with E-state index in [0.717, 1.165) is 65.3 Å². The van der Waals surface area contributed by atoms with Crippen LogP contribution < -0.4 is 15.0 Å². The molecule has 0 spiro atoms. The largest absolute Gasteiger partial charge is 0.482 e. The highest BCUT2D eigenvalue weighted by molar-refractivity contribution is 7.89. The van der Waals surface area contributed by atoms with Gasteiger partial charge in [-0.05, 0) is 62.7 Å². The summed E-state index contributed by atoms with van der Waals surface area (Å²) in [5.41, 5.74) is 3.44. The summed E-state index contributed by atoms with van der Waals surface area (Å²) in [6.07, 6.45) is 3.42. The molecule has 1 atom stereocenters. The smallest absolute Gasteiger partial charge is 0.257 e. The fraction of sp³-hybridized carbons (Fsp3) is 0.581. The van der Waals surface area contributed by atoms with Gasteiger partial charge in [0.2, 0.25) is 10.0 Å². The number of sulfonamides is 1. The standard InChI is InChI=1S/C31H46N6O4S/c1-33(2)42(39,40)31-28(37-19-17-34(3)18-20-37)11-8-12-29(31)41-24-30(38)32-21-27(36-14-6-7-15-36)23-35-16-13-25-9-4-5-10-26(25)22-35/h4-5,8-12,27H,6-7,13-24H2,1-3H3,(H,32,38). The maximum atomic E-state index is 13.5. The van der Waals surface area contributed by atoms with Crippen molar-refractivity contribution >= 4 is 21.6 Å². The van der Waals surface area contributed by atoms with Crippen LogP contribution in [0.25, 0.3) is 0 Å². The van der Waals surface area contributed by atoms with Crippen molar-refractivity contribution in [2.45, 2.75) is 36.7 Å². The zero-order valence-electron chi connectivity index (χ0n) is 25.3. The number of amides is 1.